The number of nitrogens with zero attached hydrogens (tertiary/aromatic N) is 1. The van der Waals surface area contributed by atoms with E-state index in [0.717, 1.165) is 16.9 Å². The largest absolute Gasteiger partial charge is 0.497 e. The zero-order chi connectivity index (χ0) is 13.0. The van der Waals surface area contributed by atoms with Gasteiger partial charge in [0.25, 0.3) is 5.91 Å². The summed E-state index contributed by atoms with van der Waals surface area (Å²) in [5, 5.41) is 8.56. The number of ether oxygens (including phenoxy) is 1. The number of nitrogens with one attached hydrogen (secondary N) is 1. The average molecular weight is 244 g/mol. The Morgan fingerprint density at radius 3 is 2.56 bits per heavy atom. The van der Waals surface area contributed by atoms with E-state index in [-0.39, 0.29) is 5.69 Å². The number of pyridine rings is 1. The van der Waals surface area contributed by atoms with Crippen LogP contribution in [0.5, 0.6) is 5.75 Å². The molecule has 1 amide bonds. The number of benzene rings is 1. The molecule has 1 aromatic heterocycles. The standard InChI is InChI=1S/C13H12N2O3/c1-18-11-4-2-9(3-5-11)10-6-7-14-12(8-10)13(16)15-17/h2-8,17H,1H3,(H,15,16). The minimum atomic E-state index is -0.634. The van der Waals surface area contributed by atoms with Crippen molar-refractivity contribution in [3.63, 3.8) is 0 Å². The van der Waals surface area contributed by atoms with Gasteiger partial charge < -0.3 is 4.74 Å². The molecule has 18 heavy (non-hydrogen) atoms. The Hall–Kier alpha value is -2.40. The number of carbonyl (C=O) groups excluding carboxylic acids is 1. The van der Waals surface area contributed by atoms with E-state index in [1.165, 1.54) is 6.20 Å². The van der Waals surface area contributed by atoms with Crippen molar-refractivity contribution in [2.24, 2.45) is 0 Å². The summed E-state index contributed by atoms with van der Waals surface area (Å²) in [5.74, 6) is 0.131. The van der Waals surface area contributed by atoms with Gasteiger partial charge in [-0.2, -0.15) is 0 Å². The third-order valence-electron chi connectivity index (χ3n) is 2.52. The molecule has 0 aliphatic carbocycles. The first-order valence-electron chi connectivity index (χ1n) is 5.29. The molecule has 0 radical (unpaired) electrons. The van der Waals surface area contributed by atoms with Crippen molar-refractivity contribution in [3.8, 4) is 16.9 Å². The molecule has 0 bridgehead atoms. The number of amides is 1. The van der Waals surface area contributed by atoms with Crippen LogP contribution in [0.15, 0.2) is 42.6 Å². The van der Waals surface area contributed by atoms with Crippen LogP contribution in [-0.2, 0) is 0 Å². The van der Waals surface area contributed by atoms with Crippen molar-refractivity contribution in [1.29, 1.82) is 0 Å². The lowest BCUT2D eigenvalue weighted by molar-refractivity contribution is 0.0701. The van der Waals surface area contributed by atoms with Gasteiger partial charge in [0.1, 0.15) is 11.4 Å². The van der Waals surface area contributed by atoms with Crippen molar-refractivity contribution in [2.45, 2.75) is 0 Å². The quantitative estimate of drug-likeness (QED) is 0.638. The Kier molecular flexibility index (Phi) is 3.54. The number of carbonyl (C=O) groups is 1. The van der Waals surface area contributed by atoms with Crippen LogP contribution >= 0.6 is 0 Å². The predicted molar refractivity (Wildman–Crippen MR) is 65.5 cm³/mol. The highest BCUT2D eigenvalue weighted by Gasteiger charge is 2.07. The topological polar surface area (TPSA) is 71.5 Å². The van der Waals surface area contributed by atoms with Gasteiger partial charge in [-0.05, 0) is 35.4 Å². The Morgan fingerprint density at radius 1 is 1.22 bits per heavy atom. The number of hydroxylamine groups is 1. The second-order valence-corrected chi connectivity index (χ2v) is 3.60. The normalized spacial score (nSPS) is 9.89. The van der Waals surface area contributed by atoms with Crippen LogP contribution in [0.2, 0.25) is 0 Å². The summed E-state index contributed by atoms with van der Waals surface area (Å²) in [7, 11) is 1.60. The molecule has 0 saturated carbocycles. The maximum Gasteiger partial charge on any atom is 0.293 e. The Balaban J connectivity index is 2.35. The van der Waals surface area contributed by atoms with Crippen molar-refractivity contribution in [2.75, 3.05) is 7.11 Å². The molecular formula is C13H12N2O3. The first-order chi connectivity index (χ1) is 8.74. The van der Waals surface area contributed by atoms with Crippen LogP contribution in [0.4, 0.5) is 0 Å². The number of aromatic nitrogens is 1. The summed E-state index contributed by atoms with van der Waals surface area (Å²) in [6.07, 6.45) is 1.52. The van der Waals surface area contributed by atoms with Crippen LogP contribution < -0.4 is 10.2 Å². The zero-order valence-electron chi connectivity index (χ0n) is 9.75. The highest BCUT2D eigenvalue weighted by atomic mass is 16.5. The van der Waals surface area contributed by atoms with Crippen molar-refractivity contribution in [1.82, 2.24) is 10.5 Å². The monoisotopic (exact) mass is 244 g/mol. The molecule has 92 valence electrons. The summed E-state index contributed by atoms with van der Waals surface area (Å²) in [4.78, 5) is 15.1. The van der Waals surface area contributed by atoms with E-state index >= 15 is 0 Å². The second kappa shape index (κ2) is 5.29. The Bertz CT molecular complexity index is 552. The van der Waals surface area contributed by atoms with Crippen LogP contribution in [-0.4, -0.2) is 23.2 Å². The van der Waals surface area contributed by atoms with Gasteiger partial charge in [0, 0.05) is 6.20 Å². The van der Waals surface area contributed by atoms with E-state index in [2.05, 4.69) is 4.98 Å². The van der Waals surface area contributed by atoms with Crippen LogP contribution in [0.3, 0.4) is 0 Å². The first kappa shape index (κ1) is 12.1. The molecule has 1 aromatic carbocycles. The van der Waals surface area contributed by atoms with Gasteiger partial charge in [-0.25, -0.2) is 5.48 Å². The summed E-state index contributed by atoms with van der Waals surface area (Å²) >= 11 is 0. The van der Waals surface area contributed by atoms with Gasteiger partial charge in [0.05, 0.1) is 7.11 Å². The molecule has 0 atom stereocenters. The summed E-state index contributed by atoms with van der Waals surface area (Å²) in [6.45, 7) is 0. The molecule has 2 rings (SSSR count). The lowest BCUT2D eigenvalue weighted by Crippen LogP contribution is -2.19. The molecule has 5 heteroatoms. The highest BCUT2D eigenvalue weighted by molar-refractivity contribution is 5.92. The van der Waals surface area contributed by atoms with Gasteiger partial charge in [-0.3, -0.25) is 15.0 Å². The average Bonchev–Trinajstić information content (AvgIpc) is 2.46. The third kappa shape index (κ3) is 2.46. The fraction of sp³-hybridized carbons (Fsp3) is 0.0769. The maximum absolute atomic E-state index is 11.3. The fourth-order valence-electron chi connectivity index (χ4n) is 1.58. The molecule has 0 spiro atoms. The van der Waals surface area contributed by atoms with Crippen LogP contribution in [0.25, 0.3) is 11.1 Å². The van der Waals surface area contributed by atoms with Crippen LogP contribution in [0.1, 0.15) is 10.5 Å². The Morgan fingerprint density at radius 2 is 1.94 bits per heavy atom. The lowest BCUT2D eigenvalue weighted by atomic mass is 10.1. The van der Waals surface area contributed by atoms with E-state index < -0.39 is 5.91 Å². The van der Waals surface area contributed by atoms with E-state index in [1.54, 1.807) is 24.7 Å². The third-order valence-corrected chi connectivity index (χ3v) is 2.52. The number of methoxy groups -OCH3 is 1. The Labute approximate surface area is 104 Å². The SMILES string of the molecule is COc1ccc(-c2ccnc(C(=O)NO)c2)cc1. The van der Waals surface area contributed by atoms with Gasteiger partial charge >= 0.3 is 0 Å². The fourth-order valence-corrected chi connectivity index (χ4v) is 1.58. The molecule has 5 nitrogen and oxygen atoms in total. The first-order valence-corrected chi connectivity index (χ1v) is 5.29. The summed E-state index contributed by atoms with van der Waals surface area (Å²) in [5.41, 5.74) is 3.49. The maximum atomic E-state index is 11.3. The second-order valence-electron chi connectivity index (χ2n) is 3.60. The lowest BCUT2D eigenvalue weighted by Gasteiger charge is -2.05. The van der Waals surface area contributed by atoms with E-state index in [4.69, 9.17) is 9.94 Å². The smallest absolute Gasteiger partial charge is 0.293 e. The van der Waals surface area contributed by atoms with E-state index in [1.807, 2.05) is 24.3 Å². The van der Waals surface area contributed by atoms with Crippen molar-refractivity contribution < 1.29 is 14.7 Å². The molecule has 2 aromatic rings. The molecule has 1 heterocycles. The van der Waals surface area contributed by atoms with Crippen molar-refractivity contribution >= 4 is 5.91 Å². The molecule has 0 fully saturated rings. The molecule has 0 saturated heterocycles. The number of rotatable bonds is 3. The van der Waals surface area contributed by atoms with Crippen molar-refractivity contribution in [3.05, 3.63) is 48.3 Å². The number of hydrogen-bond donors (Lipinski definition) is 2. The molecule has 0 unspecified atom stereocenters. The van der Waals surface area contributed by atoms with E-state index in [0.29, 0.717) is 0 Å². The van der Waals surface area contributed by atoms with Gasteiger partial charge in [0.2, 0.25) is 0 Å². The predicted octanol–water partition coefficient (Wildman–Crippen LogP) is 1.88. The summed E-state index contributed by atoms with van der Waals surface area (Å²) in [6, 6.07) is 10.8. The van der Waals surface area contributed by atoms with Gasteiger partial charge in [0.15, 0.2) is 0 Å². The van der Waals surface area contributed by atoms with Gasteiger partial charge in [-0.15, -0.1) is 0 Å². The number of hydrogen-bond acceptors (Lipinski definition) is 4. The van der Waals surface area contributed by atoms with Crippen LogP contribution in [0, 0.1) is 0 Å². The van der Waals surface area contributed by atoms with E-state index in [9.17, 15) is 4.79 Å². The van der Waals surface area contributed by atoms with Gasteiger partial charge in [-0.1, -0.05) is 12.1 Å². The molecule has 0 aliphatic rings. The minimum absolute atomic E-state index is 0.158. The molecule has 2 N–H and O–H groups in total. The summed E-state index contributed by atoms with van der Waals surface area (Å²) < 4.78 is 5.07. The zero-order valence-corrected chi connectivity index (χ0v) is 9.75. The minimum Gasteiger partial charge on any atom is -0.497 e. The highest BCUT2D eigenvalue weighted by Crippen LogP contribution is 2.22. The molecule has 0 aliphatic heterocycles. The molecular weight excluding hydrogens is 232 g/mol.